The minimum absolute atomic E-state index is 0.0845. The summed E-state index contributed by atoms with van der Waals surface area (Å²) in [5.41, 5.74) is -0.855. The van der Waals surface area contributed by atoms with E-state index in [0.29, 0.717) is 18.7 Å². The third kappa shape index (κ3) is 2.56. The highest BCUT2D eigenvalue weighted by molar-refractivity contribution is 7.99. The van der Waals surface area contributed by atoms with Crippen molar-refractivity contribution in [2.75, 3.05) is 18.6 Å². The zero-order chi connectivity index (χ0) is 14.2. The number of hydrogen-bond acceptors (Lipinski definition) is 4. The van der Waals surface area contributed by atoms with Crippen LogP contribution in [0.2, 0.25) is 0 Å². The van der Waals surface area contributed by atoms with Gasteiger partial charge in [0.05, 0.1) is 11.8 Å². The van der Waals surface area contributed by atoms with Crippen molar-refractivity contribution in [3.05, 3.63) is 0 Å². The lowest BCUT2D eigenvalue weighted by atomic mass is 9.96. The summed E-state index contributed by atoms with van der Waals surface area (Å²) >= 11 is 1.43. The van der Waals surface area contributed by atoms with E-state index in [1.54, 1.807) is 18.7 Å². The van der Waals surface area contributed by atoms with Crippen LogP contribution in [0.3, 0.4) is 0 Å². The number of piperazine rings is 1. The standard InChI is InChI=1S/C12H19N3O3S/c1-12(2)11(18)15-5-4-7(9(15)10(17)14-12)13-8(16)6-19-3/h7,9H,4-6H2,1-3H3,(H,13,16)(H,14,17)/t7-,9-/m0/s1. The fourth-order valence-electron chi connectivity index (χ4n) is 2.67. The van der Waals surface area contributed by atoms with E-state index in [0.717, 1.165) is 0 Å². The predicted octanol–water partition coefficient (Wildman–Crippen LogP) is -0.656. The number of nitrogens with zero attached hydrogens (tertiary/aromatic N) is 1. The van der Waals surface area contributed by atoms with E-state index < -0.39 is 11.6 Å². The van der Waals surface area contributed by atoms with Gasteiger partial charge in [0.15, 0.2) is 0 Å². The van der Waals surface area contributed by atoms with Crippen LogP contribution in [0.4, 0.5) is 0 Å². The number of thioether (sulfide) groups is 1. The average Bonchev–Trinajstić information content (AvgIpc) is 2.70. The lowest BCUT2D eigenvalue weighted by Gasteiger charge is -2.40. The zero-order valence-corrected chi connectivity index (χ0v) is 12.2. The summed E-state index contributed by atoms with van der Waals surface area (Å²) < 4.78 is 0. The van der Waals surface area contributed by atoms with Crippen molar-refractivity contribution in [3.63, 3.8) is 0 Å². The first kappa shape index (κ1) is 14.2. The maximum absolute atomic E-state index is 12.2. The molecule has 0 aromatic heterocycles. The third-order valence-electron chi connectivity index (χ3n) is 3.52. The largest absolute Gasteiger partial charge is 0.350 e. The SMILES string of the molecule is CSCC(=O)N[C@H]1CCN2C(=O)C(C)(C)NC(=O)[C@H]12. The Morgan fingerprint density at radius 2 is 2.21 bits per heavy atom. The number of carbonyl (C=O) groups excluding carboxylic acids is 3. The van der Waals surface area contributed by atoms with Crippen LogP contribution in [-0.4, -0.2) is 58.8 Å². The van der Waals surface area contributed by atoms with Gasteiger partial charge >= 0.3 is 0 Å². The summed E-state index contributed by atoms with van der Waals surface area (Å²) in [6, 6.07) is -0.842. The number of rotatable bonds is 3. The van der Waals surface area contributed by atoms with E-state index in [-0.39, 0.29) is 23.8 Å². The number of amides is 3. The molecule has 2 heterocycles. The molecular weight excluding hydrogens is 266 g/mol. The summed E-state index contributed by atoms with van der Waals surface area (Å²) in [5.74, 6) is 0.00397. The number of carbonyl (C=O) groups is 3. The van der Waals surface area contributed by atoms with Crippen LogP contribution in [0.15, 0.2) is 0 Å². The Kier molecular flexibility index (Phi) is 3.75. The molecule has 6 nitrogen and oxygen atoms in total. The van der Waals surface area contributed by atoms with E-state index in [4.69, 9.17) is 0 Å². The first-order chi connectivity index (χ1) is 8.86. The van der Waals surface area contributed by atoms with E-state index in [9.17, 15) is 14.4 Å². The van der Waals surface area contributed by atoms with Crippen molar-refractivity contribution in [3.8, 4) is 0 Å². The zero-order valence-electron chi connectivity index (χ0n) is 11.4. The van der Waals surface area contributed by atoms with Gasteiger partial charge in [0.2, 0.25) is 17.7 Å². The maximum Gasteiger partial charge on any atom is 0.248 e. The molecule has 0 aromatic carbocycles. The van der Waals surface area contributed by atoms with Gasteiger partial charge in [0.1, 0.15) is 11.6 Å². The molecule has 2 aliphatic rings. The van der Waals surface area contributed by atoms with E-state index in [1.165, 1.54) is 11.8 Å². The fraction of sp³-hybridized carbons (Fsp3) is 0.750. The van der Waals surface area contributed by atoms with Crippen molar-refractivity contribution < 1.29 is 14.4 Å². The Morgan fingerprint density at radius 1 is 1.53 bits per heavy atom. The van der Waals surface area contributed by atoms with Crippen molar-refractivity contribution in [1.29, 1.82) is 0 Å². The monoisotopic (exact) mass is 285 g/mol. The van der Waals surface area contributed by atoms with E-state index >= 15 is 0 Å². The van der Waals surface area contributed by atoms with Crippen LogP contribution in [0, 0.1) is 0 Å². The van der Waals surface area contributed by atoms with Crippen molar-refractivity contribution in [1.82, 2.24) is 15.5 Å². The molecule has 106 valence electrons. The molecule has 7 heteroatoms. The topological polar surface area (TPSA) is 78.5 Å². The second kappa shape index (κ2) is 5.03. The molecule has 2 N–H and O–H groups in total. The minimum Gasteiger partial charge on any atom is -0.350 e. The highest BCUT2D eigenvalue weighted by Crippen LogP contribution is 2.26. The molecule has 2 atom stereocenters. The summed E-state index contributed by atoms with van der Waals surface area (Å²) in [4.78, 5) is 37.6. The van der Waals surface area contributed by atoms with Crippen molar-refractivity contribution in [2.45, 2.75) is 37.9 Å². The summed E-state index contributed by atoms with van der Waals surface area (Å²) in [6.07, 6.45) is 2.47. The van der Waals surface area contributed by atoms with Crippen LogP contribution in [0.1, 0.15) is 20.3 Å². The fourth-order valence-corrected chi connectivity index (χ4v) is 3.02. The lowest BCUT2D eigenvalue weighted by Crippen LogP contribution is -2.69. The molecule has 2 rings (SSSR count). The highest BCUT2D eigenvalue weighted by Gasteiger charge is 2.51. The number of hydrogen-bond donors (Lipinski definition) is 2. The average molecular weight is 285 g/mol. The molecule has 19 heavy (non-hydrogen) atoms. The Morgan fingerprint density at radius 3 is 2.84 bits per heavy atom. The van der Waals surface area contributed by atoms with Crippen molar-refractivity contribution in [2.24, 2.45) is 0 Å². The lowest BCUT2D eigenvalue weighted by molar-refractivity contribution is -0.151. The van der Waals surface area contributed by atoms with Gasteiger partial charge in [-0.15, -0.1) is 0 Å². The van der Waals surface area contributed by atoms with Crippen LogP contribution in [0.5, 0.6) is 0 Å². The van der Waals surface area contributed by atoms with E-state index in [1.807, 2.05) is 6.26 Å². The molecule has 0 bridgehead atoms. The molecule has 2 aliphatic heterocycles. The van der Waals surface area contributed by atoms with Gasteiger partial charge in [-0.3, -0.25) is 14.4 Å². The smallest absolute Gasteiger partial charge is 0.248 e. The Labute approximate surface area is 116 Å². The molecule has 2 fully saturated rings. The molecule has 0 unspecified atom stereocenters. The van der Waals surface area contributed by atoms with Gasteiger partial charge < -0.3 is 15.5 Å². The molecule has 0 aromatic rings. The molecular formula is C12H19N3O3S. The predicted molar refractivity (Wildman–Crippen MR) is 72.7 cm³/mol. The van der Waals surface area contributed by atoms with Gasteiger partial charge in [-0.2, -0.15) is 11.8 Å². The molecule has 0 spiro atoms. The van der Waals surface area contributed by atoms with Crippen LogP contribution in [0.25, 0.3) is 0 Å². The summed E-state index contributed by atoms with van der Waals surface area (Å²) in [7, 11) is 0. The number of nitrogens with one attached hydrogen (secondary N) is 2. The molecule has 2 saturated heterocycles. The molecule has 0 radical (unpaired) electrons. The Bertz CT molecular complexity index is 424. The second-order valence-electron chi connectivity index (χ2n) is 5.45. The molecule has 3 amide bonds. The minimum atomic E-state index is -0.855. The molecule has 0 saturated carbocycles. The summed E-state index contributed by atoms with van der Waals surface area (Å²) in [6.45, 7) is 3.91. The summed E-state index contributed by atoms with van der Waals surface area (Å²) in [5, 5.41) is 5.57. The quantitative estimate of drug-likeness (QED) is 0.722. The van der Waals surface area contributed by atoms with Gasteiger partial charge in [0, 0.05) is 6.54 Å². The first-order valence-electron chi connectivity index (χ1n) is 6.28. The van der Waals surface area contributed by atoms with Gasteiger partial charge in [-0.25, -0.2) is 0 Å². The second-order valence-corrected chi connectivity index (χ2v) is 6.32. The molecule has 0 aliphatic carbocycles. The number of fused-ring (bicyclic) bond motifs is 1. The van der Waals surface area contributed by atoms with E-state index in [2.05, 4.69) is 10.6 Å². The Balaban J connectivity index is 2.11. The van der Waals surface area contributed by atoms with Crippen molar-refractivity contribution >= 4 is 29.5 Å². The maximum atomic E-state index is 12.2. The van der Waals surface area contributed by atoms with Gasteiger partial charge in [-0.1, -0.05) is 0 Å². The van der Waals surface area contributed by atoms with Crippen LogP contribution >= 0.6 is 11.8 Å². The first-order valence-corrected chi connectivity index (χ1v) is 7.67. The van der Waals surface area contributed by atoms with Crippen LogP contribution in [-0.2, 0) is 14.4 Å². The third-order valence-corrected chi connectivity index (χ3v) is 4.07. The normalized spacial score (nSPS) is 28.9. The Hall–Kier alpha value is -1.24. The van der Waals surface area contributed by atoms with Crippen LogP contribution < -0.4 is 10.6 Å². The van der Waals surface area contributed by atoms with Gasteiger partial charge in [0.25, 0.3) is 0 Å². The van der Waals surface area contributed by atoms with Gasteiger partial charge in [-0.05, 0) is 26.5 Å². The highest BCUT2D eigenvalue weighted by atomic mass is 32.2.